The molecule has 1 N–H and O–H groups in total. The molecule has 2 rings (SSSR count). The van der Waals surface area contributed by atoms with Gasteiger partial charge in [0.25, 0.3) is 5.91 Å². The first-order valence-corrected chi connectivity index (χ1v) is 10.4. The van der Waals surface area contributed by atoms with Gasteiger partial charge in [-0.15, -0.1) is 0 Å². The number of hydrogen-bond donors (Lipinski definition) is 1. The molecule has 1 aliphatic heterocycles. The van der Waals surface area contributed by atoms with Gasteiger partial charge in [0, 0.05) is 25.2 Å². The number of amides is 3. The molecule has 0 aromatic heterocycles. The first-order chi connectivity index (χ1) is 14.2. The number of nitrogens with zero attached hydrogens (tertiary/aromatic N) is 2. The molecule has 30 heavy (non-hydrogen) atoms. The number of piperidine rings is 1. The van der Waals surface area contributed by atoms with Crippen molar-refractivity contribution in [1.82, 2.24) is 15.1 Å². The van der Waals surface area contributed by atoms with Crippen LogP contribution in [0.25, 0.3) is 0 Å². The molecule has 0 bridgehead atoms. The van der Waals surface area contributed by atoms with Gasteiger partial charge in [0.1, 0.15) is 0 Å². The van der Waals surface area contributed by atoms with Crippen molar-refractivity contribution in [3.05, 3.63) is 33.8 Å². The Morgan fingerprint density at radius 3 is 2.67 bits per heavy atom. The predicted octanol–water partition coefficient (Wildman–Crippen LogP) is 1.98. The van der Waals surface area contributed by atoms with Gasteiger partial charge in [-0.1, -0.05) is 23.2 Å². The third-order valence-corrected chi connectivity index (χ3v) is 5.32. The second-order valence-electron chi connectivity index (χ2n) is 6.99. The molecule has 8 nitrogen and oxygen atoms in total. The number of likely N-dealkylation sites (N-methyl/N-ethyl adjacent to an activating group) is 1. The quantitative estimate of drug-likeness (QED) is 0.631. The number of halogens is 2. The van der Waals surface area contributed by atoms with E-state index in [1.54, 1.807) is 11.8 Å². The number of ether oxygens (including phenoxy) is 1. The third-order valence-electron chi connectivity index (χ3n) is 4.77. The van der Waals surface area contributed by atoms with Gasteiger partial charge < -0.3 is 19.9 Å². The maximum Gasteiger partial charge on any atom is 0.310 e. The van der Waals surface area contributed by atoms with Crippen LogP contribution in [0.3, 0.4) is 0 Å². The van der Waals surface area contributed by atoms with E-state index in [-0.39, 0.29) is 48.0 Å². The fourth-order valence-corrected chi connectivity index (χ4v) is 3.60. The number of nitrogens with one attached hydrogen (secondary N) is 1. The van der Waals surface area contributed by atoms with Crippen molar-refractivity contribution in [3.63, 3.8) is 0 Å². The lowest BCUT2D eigenvalue weighted by atomic mass is 9.98. The maximum atomic E-state index is 12.5. The number of carbonyl (C=O) groups is 4. The zero-order valence-corrected chi connectivity index (χ0v) is 18.5. The first-order valence-electron chi connectivity index (χ1n) is 9.64. The van der Waals surface area contributed by atoms with Gasteiger partial charge in [-0.05, 0) is 38.0 Å². The zero-order chi connectivity index (χ0) is 22.3. The van der Waals surface area contributed by atoms with Crippen LogP contribution in [-0.4, -0.2) is 73.3 Å². The van der Waals surface area contributed by atoms with Gasteiger partial charge in [0.2, 0.25) is 11.8 Å². The summed E-state index contributed by atoms with van der Waals surface area (Å²) >= 11 is 11.8. The molecule has 1 unspecified atom stereocenters. The zero-order valence-electron chi connectivity index (χ0n) is 17.0. The molecule has 1 aliphatic rings. The summed E-state index contributed by atoms with van der Waals surface area (Å²) in [4.78, 5) is 51.8. The summed E-state index contributed by atoms with van der Waals surface area (Å²) in [6.45, 7) is 2.42. The van der Waals surface area contributed by atoms with Crippen LogP contribution in [0.15, 0.2) is 18.2 Å². The minimum absolute atomic E-state index is 0.147. The molecule has 3 amide bonds. The Morgan fingerprint density at radius 2 is 2.00 bits per heavy atom. The highest BCUT2D eigenvalue weighted by molar-refractivity contribution is 6.36. The number of benzene rings is 1. The molecule has 1 atom stereocenters. The number of rotatable bonds is 7. The Morgan fingerprint density at radius 1 is 1.27 bits per heavy atom. The van der Waals surface area contributed by atoms with Crippen LogP contribution in [0.4, 0.5) is 0 Å². The lowest BCUT2D eigenvalue weighted by Gasteiger charge is -2.32. The summed E-state index contributed by atoms with van der Waals surface area (Å²) in [5.41, 5.74) is 0.200. The average molecular weight is 458 g/mol. The highest BCUT2D eigenvalue weighted by Crippen LogP contribution is 2.21. The van der Waals surface area contributed by atoms with E-state index in [9.17, 15) is 19.2 Å². The minimum atomic E-state index is -0.516. The van der Waals surface area contributed by atoms with Crippen LogP contribution in [0.5, 0.6) is 0 Å². The molecule has 1 heterocycles. The second kappa shape index (κ2) is 11.2. The van der Waals surface area contributed by atoms with Crippen LogP contribution in [0, 0.1) is 5.92 Å². The molecular weight excluding hydrogens is 433 g/mol. The van der Waals surface area contributed by atoms with E-state index >= 15 is 0 Å². The van der Waals surface area contributed by atoms with Crippen LogP contribution >= 0.6 is 23.2 Å². The Balaban J connectivity index is 1.83. The van der Waals surface area contributed by atoms with Gasteiger partial charge in [-0.25, -0.2) is 0 Å². The molecule has 0 spiro atoms. The molecule has 1 aromatic rings. The Bertz CT molecular complexity index is 818. The van der Waals surface area contributed by atoms with Gasteiger partial charge in [0.15, 0.2) is 0 Å². The van der Waals surface area contributed by atoms with E-state index in [1.807, 2.05) is 0 Å². The lowest BCUT2D eigenvalue weighted by molar-refractivity contribution is -0.152. The van der Waals surface area contributed by atoms with Crippen molar-refractivity contribution < 1.29 is 23.9 Å². The summed E-state index contributed by atoms with van der Waals surface area (Å²) in [6, 6.07) is 4.43. The largest absolute Gasteiger partial charge is 0.466 e. The van der Waals surface area contributed by atoms with Crippen molar-refractivity contribution in [3.8, 4) is 0 Å². The van der Waals surface area contributed by atoms with Crippen LogP contribution in [0.1, 0.15) is 30.1 Å². The van der Waals surface area contributed by atoms with Crippen molar-refractivity contribution in [2.24, 2.45) is 5.92 Å². The Hall–Kier alpha value is -2.32. The second-order valence-corrected chi connectivity index (χ2v) is 7.83. The van der Waals surface area contributed by atoms with Crippen LogP contribution in [-0.2, 0) is 19.1 Å². The fraction of sp³-hybridized carbons (Fsp3) is 0.500. The molecule has 1 aromatic carbocycles. The number of hydrogen-bond acceptors (Lipinski definition) is 5. The molecule has 0 radical (unpaired) electrons. The minimum Gasteiger partial charge on any atom is -0.466 e. The van der Waals surface area contributed by atoms with Crippen molar-refractivity contribution >= 4 is 46.9 Å². The molecule has 0 aliphatic carbocycles. The lowest BCUT2D eigenvalue weighted by Crippen LogP contribution is -2.48. The number of carbonyl (C=O) groups excluding carboxylic acids is 4. The van der Waals surface area contributed by atoms with E-state index in [0.717, 1.165) is 0 Å². The van der Waals surface area contributed by atoms with Crippen molar-refractivity contribution in [2.75, 3.05) is 39.8 Å². The monoisotopic (exact) mass is 457 g/mol. The highest BCUT2D eigenvalue weighted by atomic mass is 35.5. The molecular formula is C20H25Cl2N3O5. The summed E-state index contributed by atoms with van der Waals surface area (Å²) in [7, 11) is 1.48. The van der Waals surface area contributed by atoms with E-state index in [2.05, 4.69) is 5.32 Å². The first kappa shape index (κ1) is 24.0. The summed E-state index contributed by atoms with van der Waals surface area (Å²) < 4.78 is 5.04. The van der Waals surface area contributed by atoms with Gasteiger partial charge in [-0.3, -0.25) is 19.2 Å². The van der Waals surface area contributed by atoms with E-state index in [4.69, 9.17) is 27.9 Å². The maximum absolute atomic E-state index is 12.5. The Labute approximate surface area is 185 Å². The molecule has 164 valence electrons. The van der Waals surface area contributed by atoms with Gasteiger partial charge in [-0.2, -0.15) is 0 Å². The normalized spacial score (nSPS) is 16.0. The summed E-state index contributed by atoms with van der Waals surface area (Å²) in [5, 5.41) is 3.06. The van der Waals surface area contributed by atoms with Gasteiger partial charge >= 0.3 is 5.97 Å². The van der Waals surface area contributed by atoms with Crippen molar-refractivity contribution in [2.45, 2.75) is 19.8 Å². The van der Waals surface area contributed by atoms with Crippen LogP contribution in [0.2, 0.25) is 10.0 Å². The number of likely N-dealkylation sites (tertiary alicyclic amines) is 1. The molecule has 10 heteroatoms. The average Bonchev–Trinajstić information content (AvgIpc) is 2.71. The number of esters is 1. The molecule has 0 saturated carbocycles. The molecule has 1 saturated heterocycles. The van der Waals surface area contributed by atoms with E-state index < -0.39 is 11.8 Å². The van der Waals surface area contributed by atoms with Crippen molar-refractivity contribution in [1.29, 1.82) is 0 Å². The Kier molecular flexibility index (Phi) is 8.92. The topological polar surface area (TPSA) is 96.0 Å². The van der Waals surface area contributed by atoms with E-state index in [1.165, 1.54) is 30.1 Å². The summed E-state index contributed by atoms with van der Waals surface area (Å²) in [5.74, 6) is -1.85. The third kappa shape index (κ3) is 6.60. The fourth-order valence-electron chi connectivity index (χ4n) is 3.11. The molecule has 1 fully saturated rings. The SMILES string of the molecule is CCOC(=O)C1CCCN(C(=O)CN(C)C(=O)CNC(=O)c2ccc(Cl)cc2Cl)C1. The van der Waals surface area contributed by atoms with E-state index in [0.29, 0.717) is 31.0 Å². The summed E-state index contributed by atoms with van der Waals surface area (Å²) in [6.07, 6.45) is 1.38. The van der Waals surface area contributed by atoms with Crippen LogP contribution < -0.4 is 5.32 Å². The highest BCUT2D eigenvalue weighted by Gasteiger charge is 2.30. The smallest absolute Gasteiger partial charge is 0.310 e. The predicted molar refractivity (Wildman–Crippen MR) is 112 cm³/mol. The standard InChI is InChI=1S/C20H25Cl2N3O5/c1-3-30-20(29)13-5-4-8-25(11-13)18(27)12-24(2)17(26)10-23-19(28)15-7-6-14(21)9-16(15)22/h6-7,9,13H,3-5,8,10-12H2,1-2H3,(H,23,28). The van der Waals surface area contributed by atoms with Gasteiger partial charge in [0.05, 0.1) is 36.2 Å².